The maximum absolute atomic E-state index is 13.7. The van der Waals surface area contributed by atoms with Gasteiger partial charge in [0.1, 0.15) is 29.1 Å². The lowest BCUT2D eigenvalue weighted by atomic mass is 9.73. The molecule has 1 saturated carbocycles. The number of hydrogen-bond acceptors (Lipinski definition) is 6. The lowest BCUT2D eigenvalue weighted by Gasteiger charge is -2.40. The van der Waals surface area contributed by atoms with Gasteiger partial charge in [0.2, 0.25) is 5.95 Å². The monoisotopic (exact) mass is 401 g/mol. The van der Waals surface area contributed by atoms with Gasteiger partial charge in [-0.15, -0.1) is 0 Å². The van der Waals surface area contributed by atoms with Crippen molar-refractivity contribution in [3.63, 3.8) is 0 Å². The van der Waals surface area contributed by atoms with E-state index < -0.39 is 11.6 Å². The summed E-state index contributed by atoms with van der Waals surface area (Å²) in [6, 6.07) is 5.68. The van der Waals surface area contributed by atoms with Crippen molar-refractivity contribution in [2.24, 2.45) is 5.41 Å². The molecule has 8 heteroatoms. The van der Waals surface area contributed by atoms with Crippen LogP contribution in [0.5, 0.6) is 0 Å². The third-order valence-corrected chi connectivity index (χ3v) is 5.41. The summed E-state index contributed by atoms with van der Waals surface area (Å²) in [5.41, 5.74) is 0.522. The van der Waals surface area contributed by atoms with E-state index >= 15 is 0 Å². The minimum absolute atomic E-state index is 0.0940. The Morgan fingerprint density at radius 1 is 1.31 bits per heavy atom. The zero-order valence-electron chi connectivity index (χ0n) is 16.5. The van der Waals surface area contributed by atoms with Crippen molar-refractivity contribution < 1.29 is 13.9 Å². The lowest BCUT2D eigenvalue weighted by Crippen LogP contribution is -2.41. The number of hydrogen-bond donors (Lipinski definition) is 3. The second kappa shape index (κ2) is 8.70. The van der Waals surface area contributed by atoms with Crippen LogP contribution in [0.4, 0.5) is 20.5 Å². The van der Waals surface area contributed by atoms with Crippen LogP contribution >= 0.6 is 0 Å². The van der Waals surface area contributed by atoms with Gasteiger partial charge in [0, 0.05) is 18.7 Å². The zero-order chi connectivity index (χ0) is 21.0. The second-order valence-electron chi connectivity index (χ2n) is 8.11. The molecule has 29 heavy (non-hydrogen) atoms. The number of benzene rings is 1. The van der Waals surface area contributed by atoms with Gasteiger partial charge in [0.15, 0.2) is 0 Å². The highest BCUT2D eigenvalue weighted by Gasteiger charge is 2.35. The Kier molecular flexibility index (Phi) is 6.28. The van der Waals surface area contributed by atoms with Crippen molar-refractivity contribution in [1.29, 1.82) is 5.26 Å². The normalized spacial score (nSPS) is 20.7. The predicted octanol–water partition coefficient (Wildman–Crippen LogP) is 3.63. The molecule has 0 aliphatic heterocycles. The van der Waals surface area contributed by atoms with Crippen molar-refractivity contribution in [2.45, 2.75) is 51.7 Å². The molecule has 1 aliphatic carbocycles. The quantitative estimate of drug-likeness (QED) is 0.684. The molecule has 0 saturated heterocycles. The summed E-state index contributed by atoms with van der Waals surface area (Å²) in [5.74, 6) is -0.431. The number of anilines is 2. The van der Waals surface area contributed by atoms with Crippen molar-refractivity contribution in [3.05, 3.63) is 47.2 Å². The highest BCUT2D eigenvalue weighted by Crippen LogP contribution is 2.36. The molecule has 0 spiro atoms. The Labute approximate surface area is 169 Å². The van der Waals surface area contributed by atoms with Crippen LogP contribution in [0.3, 0.4) is 0 Å². The molecule has 0 radical (unpaired) electrons. The van der Waals surface area contributed by atoms with Crippen LogP contribution in [-0.4, -0.2) is 33.8 Å². The van der Waals surface area contributed by atoms with Crippen LogP contribution in [0.2, 0.25) is 0 Å². The van der Waals surface area contributed by atoms with Gasteiger partial charge in [-0.3, -0.25) is 0 Å². The fourth-order valence-electron chi connectivity index (χ4n) is 3.63. The van der Waals surface area contributed by atoms with Crippen LogP contribution in [-0.2, 0) is 6.42 Å². The molecule has 2 atom stereocenters. The maximum atomic E-state index is 13.7. The average Bonchev–Trinajstić information content (AvgIpc) is 2.66. The minimum atomic E-state index is -0.608. The number of nitrogens with one attached hydrogen (secondary N) is 2. The van der Waals surface area contributed by atoms with Gasteiger partial charge in [-0.2, -0.15) is 10.2 Å². The molecule has 1 aromatic carbocycles. The summed E-state index contributed by atoms with van der Waals surface area (Å²) in [4.78, 5) is 8.53. The summed E-state index contributed by atoms with van der Waals surface area (Å²) in [7, 11) is 0. The first-order chi connectivity index (χ1) is 13.8. The smallest absolute Gasteiger partial charge is 0.224 e. The molecule has 0 amide bonds. The molecule has 0 unspecified atom stereocenters. The largest absolute Gasteiger partial charge is 0.393 e. The molecule has 1 fully saturated rings. The van der Waals surface area contributed by atoms with Crippen LogP contribution < -0.4 is 10.6 Å². The number of rotatable bonds is 6. The van der Waals surface area contributed by atoms with Gasteiger partial charge in [-0.05, 0) is 42.7 Å². The average molecular weight is 401 g/mol. The lowest BCUT2D eigenvalue weighted by molar-refractivity contribution is 0.00926. The van der Waals surface area contributed by atoms with Gasteiger partial charge in [0.05, 0.1) is 12.3 Å². The van der Waals surface area contributed by atoms with Gasteiger partial charge >= 0.3 is 0 Å². The van der Waals surface area contributed by atoms with Gasteiger partial charge in [0.25, 0.3) is 0 Å². The first-order valence-corrected chi connectivity index (χ1v) is 9.68. The van der Waals surface area contributed by atoms with E-state index in [0.29, 0.717) is 42.3 Å². The van der Waals surface area contributed by atoms with E-state index in [9.17, 15) is 19.1 Å². The number of nitrogens with zero attached hydrogens (tertiary/aromatic N) is 3. The summed E-state index contributed by atoms with van der Waals surface area (Å²) in [6.45, 7) is 4.41. The molecular formula is C21H25F2N5O. The van der Waals surface area contributed by atoms with E-state index in [1.54, 1.807) is 0 Å². The van der Waals surface area contributed by atoms with Gasteiger partial charge in [-0.1, -0.05) is 19.9 Å². The molecule has 6 nitrogen and oxygen atoms in total. The molecular weight excluding hydrogens is 376 g/mol. The van der Waals surface area contributed by atoms with Gasteiger partial charge < -0.3 is 15.7 Å². The molecule has 1 aliphatic rings. The van der Waals surface area contributed by atoms with Gasteiger partial charge in [-0.25, -0.2) is 13.8 Å². The number of aliphatic hydroxyl groups is 1. The SMILES string of the molecule is CC1(C)C[C@H](Nc2nc(NCCc3ccc(F)cc3F)ncc2C#N)CC[C@@H]1O. The van der Waals surface area contributed by atoms with E-state index in [2.05, 4.69) is 26.7 Å². The first kappa shape index (κ1) is 20.9. The Balaban J connectivity index is 1.65. The standard InChI is InChI=1S/C21H25F2N5O/c1-21(2)10-16(5-6-18(21)29)27-19-14(11-24)12-26-20(28-19)25-8-7-13-3-4-15(22)9-17(13)23/h3-4,9,12,16,18,29H,5-8,10H2,1-2H3,(H2,25,26,27,28)/t16-,18+/m1/s1. The number of nitriles is 1. The van der Waals surface area contributed by atoms with E-state index in [0.717, 1.165) is 18.9 Å². The Hall–Kier alpha value is -2.79. The minimum Gasteiger partial charge on any atom is -0.393 e. The van der Waals surface area contributed by atoms with Crippen LogP contribution in [0.15, 0.2) is 24.4 Å². The fourth-order valence-corrected chi connectivity index (χ4v) is 3.63. The maximum Gasteiger partial charge on any atom is 0.224 e. The molecule has 3 N–H and O–H groups in total. The fraction of sp³-hybridized carbons (Fsp3) is 0.476. The van der Waals surface area contributed by atoms with E-state index in [-0.39, 0.29) is 17.6 Å². The van der Waals surface area contributed by atoms with Crippen molar-refractivity contribution >= 4 is 11.8 Å². The summed E-state index contributed by atoms with van der Waals surface area (Å²) < 4.78 is 26.7. The van der Waals surface area contributed by atoms with Crippen molar-refractivity contribution in [2.75, 3.05) is 17.2 Å². The zero-order valence-corrected chi connectivity index (χ0v) is 16.5. The number of aliphatic hydroxyl groups excluding tert-OH is 1. The van der Waals surface area contributed by atoms with Crippen molar-refractivity contribution in [3.8, 4) is 6.07 Å². The highest BCUT2D eigenvalue weighted by molar-refractivity contribution is 5.54. The predicted molar refractivity (Wildman–Crippen MR) is 106 cm³/mol. The Bertz CT molecular complexity index is 912. The first-order valence-electron chi connectivity index (χ1n) is 9.68. The molecule has 2 aromatic rings. The van der Waals surface area contributed by atoms with Crippen LogP contribution in [0.1, 0.15) is 44.2 Å². The highest BCUT2D eigenvalue weighted by atomic mass is 19.1. The third-order valence-electron chi connectivity index (χ3n) is 5.41. The Morgan fingerprint density at radius 3 is 2.79 bits per heavy atom. The number of aromatic nitrogens is 2. The van der Waals surface area contributed by atoms with Crippen LogP contribution in [0, 0.1) is 28.4 Å². The molecule has 0 bridgehead atoms. The van der Waals surface area contributed by atoms with Crippen LogP contribution in [0.25, 0.3) is 0 Å². The van der Waals surface area contributed by atoms with E-state index in [1.807, 2.05) is 13.8 Å². The third kappa shape index (κ3) is 5.18. The summed E-state index contributed by atoms with van der Waals surface area (Å²) in [5, 5.41) is 25.8. The van der Waals surface area contributed by atoms with Crippen molar-refractivity contribution in [1.82, 2.24) is 9.97 Å². The number of halogens is 2. The second-order valence-corrected chi connectivity index (χ2v) is 8.11. The summed E-state index contributed by atoms with van der Waals surface area (Å²) >= 11 is 0. The van der Waals surface area contributed by atoms with E-state index in [1.165, 1.54) is 18.3 Å². The molecule has 1 heterocycles. The van der Waals surface area contributed by atoms with E-state index in [4.69, 9.17) is 0 Å². The molecule has 3 rings (SSSR count). The molecule has 154 valence electrons. The summed E-state index contributed by atoms with van der Waals surface area (Å²) in [6.07, 6.45) is 3.67. The molecule has 1 aromatic heterocycles. The Morgan fingerprint density at radius 2 is 2.10 bits per heavy atom. The topological polar surface area (TPSA) is 93.9 Å².